The zero-order valence-corrected chi connectivity index (χ0v) is 16.1. The fraction of sp³-hybridized carbons (Fsp3) is 0.389. The van der Waals surface area contributed by atoms with Gasteiger partial charge in [0.05, 0.1) is 6.42 Å². The summed E-state index contributed by atoms with van der Waals surface area (Å²) >= 11 is 1.29. The summed E-state index contributed by atoms with van der Waals surface area (Å²) < 4.78 is 27.1. The second-order valence-electron chi connectivity index (χ2n) is 6.31. The molecule has 0 N–H and O–H groups in total. The van der Waals surface area contributed by atoms with Crippen LogP contribution in [0.25, 0.3) is 0 Å². The van der Waals surface area contributed by atoms with Gasteiger partial charge in [0.25, 0.3) is 10.0 Å². The first-order valence-electron chi connectivity index (χ1n) is 8.26. The molecule has 1 amide bonds. The number of piperazine rings is 1. The summed E-state index contributed by atoms with van der Waals surface area (Å²) in [5.41, 5.74) is 2.15. The number of carbonyl (C=O) groups excluding carboxylic acids is 1. The molecular weight excluding hydrogens is 356 g/mol. The van der Waals surface area contributed by atoms with Gasteiger partial charge in [0, 0.05) is 31.1 Å². The summed E-state index contributed by atoms with van der Waals surface area (Å²) in [6, 6.07) is 11.4. The molecule has 0 atom stereocenters. The van der Waals surface area contributed by atoms with Crippen LogP contribution in [0.2, 0.25) is 0 Å². The molecule has 1 fully saturated rings. The molecule has 1 saturated heterocycles. The Bertz CT molecular complexity index is 849. The zero-order valence-electron chi connectivity index (χ0n) is 14.4. The molecule has 7 heteroatoms. The van der Waals surface area contributed by atoms with Crippen LogP contribution in [0.15, 0.2) is 40.6 Å². The smallest absolute Gasteiger partial charge is 0.252 e. The molecule has 1 aliphatic rings. The number of thiophene rings is 1. The summed E-state index contributed by atoms with van der Waals surface area (Å²) in [5, 5.41) is 0. The van der Waals surface area contributed by atoms with E-state index in [0.29, 0.717) is 36.8 Å². The highest BCUT2D eigenvalue weighted by Crippen LogP contribution is 2.25. The second-order valence-corrected chi connectivity index (χ2v) is 9.77. The van der Waals surface area contributed by atoms with Gasteiger partial charge in [-0.3, -0.25) is 4.79 Å². The highest BCUT2D eigenvalue weighted by Gasteiger charge is 2.30. The van der Waals surface area contributed by atoms with E-state index in [1.165, 1.54) is 21.2 Å². The van der Waals surface area contributed by atoms with Crippen molar-refractivity contribution in [2.24, 2.45) is 0 Å². The number of aryl methyl sites for hydroxylation is 2. The summed E-state index contributed by atoms with van der Waals surface area (Å²) in [4.78, 5) is 15.2. The molecule has 1 aromatic heterocycles. The van der Waals surface area contributed by atoms with E-state index in [-0.39, 0.29) is 5.91 Å². The average molecular weight is 379 g/mol. The van der Waals surface area contributed by atoms with E-state index in [1.807, 2.05) is 44.2 Å². The van der Waals surface area contributed by atoms with Crippen molar-refractivity contribution in [3.63, 3.8) is 0 Å². The Morgan fingerprint density at radius 2 is 1.64 bits per heavy atom. The van der Waals surface area contributed by atoms with Crippen molar-refractivity contribution < 1.29 is 13.2 Å². The topological polar surface area (TPSA) is 57.7 Å². The van der Waals surface area contributed by atoms with Crippen LogP contribution in [0.3, 0.4) is 0 Å². The molecule has 0 unspecified atom stereocenters. The Kier molecular flexibility index (Phi) is 5.27. The van der Waals surface area contributed by atoms with Crippen LogP contribution in [0.5, 0.6) is 0 Å². The van der Waals surface area contributed by atoms with E-state index >= 15 is 0 Å². The van der Waals surface area contributed by atoms with Crippen LogP contribution in [-0.2, 0) is 21.2 Å². The third kappa shape index (κ3) is 4.11. The molecule has 0 saturated carbocycles. The molecule has 0 aliphatic carbocycles. The third-order valence-electron chi connectivity index (χ3n) is 4.38. The first kappa shape index (κ1) is 18.1. The van der Waals surface area contributed by atoms with Crippen LogP contribution >= 0.6 is 11.3 Å². The van der Waals surface area contributed by atoms with E-state index < -0.39 is 10.0 Å². The average Bonchev–Trinajstić information content (AvgIpc) is 3.04. The van der Waals surface area contributed by atoms with Crippen molar-refractivity contribution >= 4 is 27.3 Å². The Balaban J connectivity index is 1.59. The number of carbonyl (C=O) groups is 1. The lowest BCUT2D eigenvalue weighted by atomic mass is 10.1. The van der Waals surface area contributed by atoms with Crippen molar-refractivity contribution in [1.29, 1.82) is 0 Å². The molecule has 2 heterocycles. The summed E-state index contributed by atoms with van der Waals surface area (Å²) in [6.45, 7) is 5.48. The van der Waals surface area contributed by atoms with Crippen molar-refractivity contribution in [3.05, 3.63) is 52.4 Å². The van der Waals surface area contributed by atoms with E-state index in [9.17, 15) is 13.2 Å². The van der Waals surface area contributed by atoms with Gasteiger partial charge in [-0.15, -0.1) is 11.3 Å². The molecular formula is C18H22N2O3S2. The summed E-state index contributed by atoms with van der Waals surface area (Å²) in [6.07, 6.45) is 0.358. The first-order valence-corrected chi connectivity index (χ1v) is 10.5. The van der Waals surface area contributed by atoms with Crippen molar-refractivity contribution in [3.8, 4) is 0 Å². The molecule has 0 spiro atoms. The van der Waals surface area contributed by atoms with Crippen LogP contribution in [0.4, 0.5) is 0 Å². The van der Waals surface area contributed by atoms with Gasteiger partial charge < -0.3 is 4.90 Å². The first-order chi connectivity index (χ1) is 11.9. The van der Waals surface area contributed by atoms with Gasteiger partial charge in [0.15, 0.2) is 0 Å². The van der Waals surface area contributed by atoms with Crippen LogP contribution < -0.4 is 0 Å². The molecule has 25 heavy (non-hydrogen) atoms. The molecule has 134 valence electrons. The normalized spacial score (nSPS) is 16.2. The van der Waals surface area contributed by atoms with Crippen molar-refractivity contribution in [1.82, 2.24) is 9.21 Å². The van der Waals surface area contributed by atoms with Gasteiger partial charge >= 0.3 is 0 Å². The number of amides is 1. The maximum absolute atomic E-state index is 12.6. The van der Waals surface area contributed by atoms with E-state index in [2.05, 4.69) is 0 Å². The van der Waals surface area contributed by atoms with E-state index in [1.54, 1.807) is 11.0 Å². The fourth-order valence-corrected chi connectivity index (χ4v) is 5.71. The van der Waals surface area contributed by atoms with Gasteiger partial charge in [-0.25, -0.2) is 8.42 Å². The predicted octanol–water partition coefficient (Wildman–Crippen LogP) is 2.44. The maximum atomic E-state index is 12.6. The van der Waals surface area contributed by atoms with E-state index in [4.69, 9.17) is 0 Å². The van der Waals surface area contributed by atoms with Crippen LogP contribution in [-0.4, -0.2) is 49.7 Å². The predicted molar refractivity (Wildman–Crippen MR) is 99.3 cm³/mol. The number of nitrogens with zero attached hydrogens (tertiary/aromatic N) is 2. The summed E-state index contributed by atoms with van der Waals surface area (Å²) in [5.74, 6) is 0.0490. The van der Waals surface area contributed by atoms with Gasteiger partial charge in [-0.1, -0.05) is 29.8 Å². The summed E-state index contributed by atoms with van der Waals surface area (Å²) in [7, 11) is -3.44. The second kappa shape index (κ2) is 7.27. The van der Waals surface area contributed by atoms with Crippen LogP contribution in [0, 0.1) is 13.8 Å². The maximum Gasteiger partial charge on any atom is 0.252 e. The number of hydrogen-bond donors (Lipinski definition) is 0. The highest BCUT2D eigenvalue weighted by atomic mass is 32.2. The van der Waals surface area contributed by atoms with Gasteiger partial charge in [-0.05, 0) is 31.5 Å². The SMILES string of the molecule is Cc1ccc(CC(=O)N2CCN(S(=O)(=O)c3ccc(C)s3)CC2)cc1. The lowest BCUT2D eigenvalue weighted by molar-refractivity contribution is -0.131. The minimum absolute atomic E-state index is 0.0490. The Morgan fingerprint density at radius 1 is 1.00 bits per heavy atom. The number of sulfonamides is 1. The van der Waals surface area contributed by atoms with Gasteiger partial charge in [-0.2, -0.15) is 4.31 Å². The highest BCUT2D eigenvalue weighted by molar-refractivity contribution is 7.91. The molecule has 0 bridgehead atoms. The molecule has 1 aliphatic heterocycles. The fourth-order valence-electron chi connectivity index (χ4n) is 2.85. The minimum Gasteiger partial charge on any atom is -0.340 e. The zero-order chi connectivity index (χ0) is 18.0. The monoisotopic (exact) mass is 378 g/mol. The molecule has 1 aromatic carbocycles. The molecule has 0 radical (unpaired) electrons. The van der Waals surface area contributed by atoms with Crippen molar-refractivity contribution in [2.45, 2.75) is 24.5 Å². The van der Waals surface area contributed by atoms with Crippen LogP contribution in [0.1, 0.15) is 16.0 Å². The van der Waals surface area contributed by atoms with Gasteiger partial charge in [0.1, 0.15) is 4.21 Å². The third-order valence-corrected chi connectivity index (χ3v) is 7.74. The lowest BCUT2D eigenvalue weighted by Gasteiger charge is -2.33. The van der Waals surface area contributed by atoms with E-state index in [0.717, 1.165) is 10.4 Å². The standard InChI is InChI=1S/C18H22N2O3S2/c1-14-3-6-16(7-4-14)13-17(21)19-9-11-20(12-10-19)25(22,23)18-8-5-15(2)24-18/h3-8H,9-13H2,1-2H3. The molecule has 3 rings (SSSR count). The molecule has 5 nitrogen and oxygen atoms in total. The quantitative estimate of drug-likeness (QED) is 0.821. The molecule has 2 aromatic rings. The lowest BCUT2D eigenvalue weighted by Crippen LogP contribution is -2.50. The Labute approximate surface area is 152 Å². The largest absolute Gasteiger partial charge is 0.340 e. The van der Waals surface area contributed by atoms with Crippen molar-refractivity contribution in [2.75, 3.05) is 26.2 Å². The Hall–Kier alpha value is -1.70. The Morgan fingerprint density at radius 3 is 2.20 bits per heavy atom. The minimum atomic E-state index is -3.44. The number of benzene rings is 1. The van der Waals surface area contributed by atoms with Gasteiger partial charge in [0.2, 0.25) is 5.91 Å². The number of rotatable bonds is 4. The number of hydrogen-bond acceptors (Lipinski definition) is 4.